The van der Waals surface area contributed by atoms with Crippen LogP contribution in [0.1, 0.15) is 19.8 Å². The van der Waals surface area contributed by atoms with E-state index in [0.717, 1.165) is 24.0 Å². The highest BCUT2D eigenvalue weighted by molar-refractivity contribution is 5.83. The molecule has 0 unspecified atom stereocenters. The van der Waals surface area contributed by atoms with Gasteiger partial charge < -0.3 is 9.15 Å². The van der Waals surface area contributed by atoms with Crippen molar-refractivity contribution in [3.8, 4) is 28.3 Å². The van der Waals surface area contributed by atoms with Crippen LogP contribution in [-0.4, -0.2) is 16.5 Å². The molecule has 0 amide bonds. The number of non-ortho nitro benzene ring substituents is 1. The summed E-state index contributed by atoms with van der Waals surface area (Å²) in [6.45, 7) is 2.60. The fraction of sp³-hybridized carbons (Fsp3) is 0.174. The molecule has 6 heteroatoms. The first-order valence-electron chi connectivity index (χ1n) is 9.53. The van der Waals surface area contributed by atoms with Crippen LogP contribution in [0, 0.1) is 10.1 Å². The molecule has 0 spiro atoms. The normalized spacial score (nSPS) is 10.9. The number of benzene rings is 3. The van der Waals surface area contributed by atoms with E-state index in [1.807, 2.05) is 48.5 Å². The molecule has 0 saturated carbocycles. The van der Waals surface area contributed by atoms with Crippen molar-refractivity contribution in [2.75, 3.05) is 6.61 Å². The molecule has 3 aromatic carbocycles. The zero-order valence-corrected chi connectivity index (χ0v) is 16.0. The number of oxazole rings is 1. The van der Waals surface area contributed by atoms with Gasteiger partial charge in [0.25, 0.3) is 5.69 Å². The highest BCUT2D eigenvalue weighted by Gasteiger charge is 2.18. The molecule has 0 fully saturated rings. The third-order valence-corrected chi connectivity index (χ3v) is 4.65. The molecule has 1 heterocycles. The summed E-state index contributed by atoms with van der Waals surface area (Å²) in [5, 5.41) is 11.2. The molecule has 0 radical (unpaired) electrons. The lowest BCUT2D eigenvalue weighted by Gasteiger charge is -2.08. The zero-order valence-electron chi connectivity index (χ0n) is 16.0. The molecule has 146 valence electrons. The van der Waals surface area contributed by atoms with E-state index < -0.39 is 4.92 Å². The molecule has 29 heavy (non-hydrogen) atoms. The predicted octanol–water partition coefficient (Wildman–Crippen LogP) is 6.25. The number of nitro groups is 1. The van der Waals surface area contributed by atoms with Crippen molar-refractivity contribution in [3.05, 3.63) is 76.8 Å². The Morgan fingerprint density at radius 2 is 1.86 bits per heavy atom. The third-order valence-electron chi connectivity index (χ3n) is 4.65. The Balaban J connectivity index is 1.76. The number of unbranched alkanes of at least 4 members (excludes halogenated alkanes) is 1. The summed E-state index contributed by atoms with van der Waals surface area (Å²) in [6, 6.07) is 20.3. The van der Waals surface area contributed by atoms with Gasteiger partial charge in [0.15, 0.2) is 5.58 Å². The van der Waals surface area contributed by atoms with E-state index in [2.05, 4.69) is 11.9 Å². The van der Waals surface area contributed by atoms with Crippen LogP contribution < -0.4 is 4.74 Å². The van der Waals surface area contributed by atoms with Crippen LogP contribution in [0.3, 0.4) is 0 Å². The van der Waals surface area contributed by atoms with Crippen LogP contribution in [-0.2, 0) is 0 Å². The van der Waals surface area contributed by atoms with E-state index in [1.54, 1.807) is 6.07 Å². The lowest BCUT2D eigenvalue weighted by molar-refractivity contribution is -0.384. The molecular formula is C23H20N2O4. The second-order valence-electron chi connectivity index (χ2n) is 6.71. The SMILES string of the molecule is CCCCOc1ccc([N+](=O)[O-])cc1-c1nc2cc(-c3ccccc3)ccc2o1. The molecule has 0 N–H and O–H groups in total. The number of nitro benzene ring substituents is 1. The van der Waals surface area contributed by atoms with Crippen molar-refractivity contribution in [2.24, 2.45) is 0 Å². The van der Waals surface area contributed by atoms with Crippen LogP contribution in [0.15, 0.2) is 71.1 Å². The van der Waals surface area contributed by atoms with E-state index in [4.69, 9.17) is 9.15 Å². The van der Waals surface area contributed by atoms with Gasteiger partial charge in [0, 0.05) is 12.1 Å². The average Bonchev–Trinajstić information content (AvgIpc) is 3.18. The third kappa shape index (κ3) is 3.96. The zero-order chi connectivity index (χ0) is 20.2. The molecule has 4 rings (SSSR count). The number of hydrogen-bond acceptors (Lipinski definition) is 5. The van der Waals surface area contributed by atoms with Crippen molar-refractivity contribution < 1.29 is 14.1 Å². The molecule has 4 aromatic rings. The predicted molar refractivity (Wildman–Crippen MR) is 112 cm³/mol. The molecule has 0 aliphatic heterocycles. The summed E-state index contributed by atoms with van der Waals surface area (Å²) < 4.78 is 11.7. The number of fused-ring (bicyclic) bond motifs is 1. The smallest absolute Gasteiger partial charge is 0.270 e. The van der Waals surface area contributed by atoms with Crippen LogP contribution in [0.4, 0.5) is 5.69 Å². The van der Waals surface area contributed by atoms with Gasteiger partial charge in [0.2, 0.25) is 5.89 Å². The molecular weight excluding hydrogens is 368 g/mol. The maximum atomic E-state index is 11.2. The number of ether oxygens (including phenoxy) is 1. The summed E-state index contributed by atoms with van der Waals surface area (Å²) in [5.41, 5.74) is 3.86. The number of rotatable bonds is 7. The second kappa shape index (κ2) is 8.14. The van der Waals surface area contributed by atoms with Gasteiger partial charge >= 0.3 is 0 Å². The molecule has 0 aliphatic rings. The monoisotopic (exact) mass is 388 g/mol. The maximum Gasteiger partial charge on any atom is 0.270 e. The standard InChI is InChI=1S/C23H20N2O4/c1-2-3-13-28-21-12-10-18(25(26)27)15-19(21)23-24-20-14-17(9-11-22(20)29-23)16-7-5-4-6-8-16/h4-12,14-15H,2-3,13H2,1H3. The summed E-state index contributed by atoms with van der Waals surface area (Å²) >= 11 is 0. The molecule has 6 nitrogen and oxygen atoms in total. The molecule has 0 aliphatic carbocycles. The lowest BCUT2D eigenvalue weighted by Crippen LogP contribution is -1.99. The van der Waals surface area contributed by atoms with Crippen LogP contribution >= 0.6 is 0 Å². The van der Waals surface area contributed by atoms with Gasteiger partial charge in [-0.3, -0.25) is 10.1 Å². The van der Waals surface area contributed by atoms with Crippen molar-refractivity contribution in [2.45, 2.75) is 19.8 Å². The number of nitrogens with zero attached hydrogens (tertiary/aromatic N) is 2. The van der Waals surface area contributed by atoms with Gasteiger partial charge in [-0.1, -0.05) is 49.7 Å². The Kier molecular flexibility index (Phi) is 5.24. The van der Waals surface area contributed by atoms with Crippen LogP contribution in [0.2, 0.25) is 0 Å². The van der Waals surface area contributed by atoms with Gasteiger partial charge in [0.1, 0.15) is 11.3 Å². The quantitative estimate of drug-likeness (QED) is 0.212. The summed E-state index contributed by atoms with van der Waals surface area (Å²) in [6.07, 6.45) is 1.89. The Bertz CT molecular complexity index is 1150. The number of hydrogen-bond donors (Lipinski definition) is 0. The highest BCUT2D eigenvalue weighted by atomic mass is 16.6. The maximum absolute atomic E-state index is 11.2. The summed E-state index contributed by atoms with van der Waals surface area (Å²) in [7, 11) is 0. The first-order chi connectivity index (χ1) is 14.2. The molecule has 0 bridgehead atoms. The fourth-order valence-electron chi connectivity index (χ4n) is 3.10. The largest absolute Gasteiger partial charge is 0.493 e. The fourth-order valence-corrected chi connectivity index (χ4v) is 3.10. The highest BCUT2D eigenvalue weighted by Crippen LogP contribution is 2.35. The minimum Gasteiger partial charge on any atom is -0.493 e. The lowest BCUT2D eigenvalue weighted by atomic mass is 10.1. The van der Waals surface area contributed by atoms with Gasteiger partial charge in [-0.05, 0) is 35.7 Å². The molecule has 0 atom stereocenters. The van der Waals surface area contributed by atoms with E-state index in [0.29, 0.717) is 34.9 Å². The minimum atomic E-state index is -0.435. The van der Waals surface area contributed by atoms with Gasteiger partial charge in [-0.15, -0.1) is 0 Å². The summed E-state index contributed by atoms with van der Waals surface area (Å²) in [5.74, 6) is 0.833. The minimum absolute atomic E-state index is 0.0323. The van der Waals surface area contributed by atoms with Crippen LogP contribution in [0.5, 0.6) is 5.75 Å². The first kappa shape index (κ1) is 18.7. The second-order valence-corrected chi connectivity index (χ2v) is 6.71. The van der Waals surface area contributed by atoms with Crippen molar-refractivity contribution in [1.82, 2.24) is 4.98 Å². The van der Waals surface area contributed by atoms with Gasteiger partial charge in [0.05, 0.1) is 17.1 Å². The number of aromatic nitrogens is 1. The Morgan fingerprint density at radius 1 is 1.03 bits per heavy atom. The van der Waals surface area contributed by atoms with Gasteiger partial charge in [-0.2, -0.15) is 0 Å². The Hall–Kier alpha value is -3.67. The van der Waals surface area contributed by atoms with Crippen molar-refractivity contribution in [3.63, 3.8) is 0 Å². The Morgan fingerprint density at radius 3 is 2.62 bits per heavy atom. The topological polar surface area (TPSA) is 78.4 Å². The van der Waals surface area contributed by atoms with Crippen molar-refractivity contribution in [1.29, 1.82) is 0 Å². The first-order valence-corrected chi connectivity index (χ1v) is 9.53. The van der Waals surface area contributed by atoms with E-state index in [9.17, 15) is 10.1 Å². The summed E-state index contributed by atoms with van der Waals surface area (Å²) in [4.78, 5) is 15.4. The molecule has 1 aromatic heterocycles. The van der Waals surface area contributed by atoms with Gasteiger partial charge in [-0.25, -0.2) is 4.98 Å². The van der Waals surface area contributed by atoms with E-state index in [-0.39, 0.29) is 5.69 Å². The van der Waals surface area contributed by atoms with Crippen molar-refractivity contribution >= 4 is 16.8 Å². The van der Waals surface area contributed by atoms with E-state index >= 15 is 0 Å². The van der Waals surface area contributed by atoms with Crippen LogP contribution in [0.25, 0.3) is 33.7 Å². The molecule has 0 saturated heterocycles. The average molecular weight is 388 g/mol. The Labute approximate surface area is 167 Å². The van der Waals surface area contributed by atoms with E-state index in [1.165, 1.54) is 12.1 Å².